The maximum atomic E-state index is 12.9. The number of benzene rings is 1. The Morgan fingerprint density at radius 2 is 2.12 bits per heavy atom. The zero-order chi connectivity index (χ0) is 12.0. The molecule has 0 aliphatic carbocycles. The molecule has 0 atom stereocenters. The zero-order valence-corrected chi connectivity index (χ0v) is 11.0. The van der Waals surface area contributed by atoms with Crippen molar-refractivity contribution >= 4 is 21.7 Å². The SMILES string of the molecule is CCCC(=O)CCCc1ccc(F)c(Br)c1. The zero-order valence-electron chi connectivity index (χ0n) is 9.43. The van der Waals surface area contributed by atoms with Gasteiger partial charge in [0.2, 0.25) is 0 Å². The Morgan fingerprint density at radius 1 is 1.38 bits per heavy atom. The third kappa shape index (κ3) is 4.44. The predicted molar refractivity (Wildman–Crippen MR) is 67.0 cm³/mol. The molecular weight excluding hydrogens is 271 g/mol. The van der Waals surface area contributed by atoms with Crippen LogP contribution in [0.25, 0.3) is 0 Å². The summed E-state index contributed by atoms with van der Waals surface area (Å²) >= 11 is 3.15. The van der Waals surface area contributed by atoms with Gasteiger partial charge in [-0.15, -0.1) is 0 Å². The Kier molecular flexibility index (Phi) is 5.67. The molecule has 0 N–H and O–H groups in total. The van der Waals surface area contributed by atoms with Crippen LogP contribution >= 0.6 is 15.9 Å². The van der Waals surface area contributed by atoms with E-state index in [1.54, 1.807) is 12.1 Å². The summed E-state index contributed by atoms with van der Waals surface area (Å²) in [5.41, 5.74) is 1.07. The van der Waals surface area contributed by atoms with E-state index in [2.05, 4.69) is 15.9 Å². The maximum Gasteiger partial charge on any atom is 0.137 e. The highest BCUT2D eigenvalue weighted by molar-refractivity contribution is 9.10. The number of ketones is 1. The van der Waals surface area contributed by atoms with Crippen molar-refractivity contribution in [2.24, 2.45) is 0 Å². The van der Waals surface area contributed by atoms with Crippen molar-refractivity contribution in [1.29, 1.82) is 0 Å². The Hall–Kier alpha value is -0.700. The Balaban J connectivity index is 2.37. The first kappa shape index (κ1) is 13.4. The molecule has 0 aromatic heterocycles. The van der Waals surface area contributed by atoms with Crippen LogP contribution in [-0.2, 0) is 11.2 Å². The highest BCUT2D eigenvalue weighted by Crippen LogP contribution is 2.18. The molecule has 0 amide bonds. The van der Waals surface area contributed by atoms with Crippen molar-refractivity contribution in [1.82, 2.24) is 0 Å². The van der Waals surface area contributed by atoms with Gasteiger partial charge in [0.25, 0.3) is 0 Å². The van der Waals surface area contributed by atoms with Crippen molar-refractivity contribution in [2.75, 3.05) is 0 Å². The molecule has 0 saturated heterocycles. The fraction of sp³-hybridized carbons (Fsp3) is 0.462. The van der Waals surface area contributed by atoms with Crippen LogP contribution in [0.2, 0.25) is 0 Å². The minimum Gasteiger partial charge on any atom is -0.300 e. The number of hydrogen-bond acceptors (Lipinski definition) is 1. The van der Waals surface area contributed by atoms with Gasteiger partial charge in [0.05, 0.1) is 4.47 Å². The fourth-order valence-corrected chi connectivity index (χ4v) is 2.01. The third-order valence-corrected chi connectivity index (χ3v) is 3.04. The van der Waals surface area contributed by atoms with E-state index in [4.69, 9.17) is 0 Å². The summed E-state index contributed by atoms with van der Waals surface area (Å²) in [7, 11) is 0. The lowest BCUT2D eigenvalue weighted by Crippen LogP contribution is -1.98. The first-order valence-corrected chi connectivity index (χ1v) is 6.38. The van der Waals surface area contributed by atoms with Crippen molar-refractivity contribution in [3.8, 4) is 0 Å². The van der Waals surface area contributed by atoms with E-state index in [0.29, 0.717) is 23.1 Å². The van der Waals surface area contributed by atoms with E-state index >= 15 is 0 Å². The monoisotopic (exact) mass is 286 g/mol. The van der Waals surface area contributed by atoms with E-state index in [9.17, 15) is 9.18 Å². The van der Waals surface area contributed by atoms with Crippen LogP contribution in [0, 0.1) is 5.82 Å². The molecule has 0 bridgehead atoms. The molecule has 1 nitrogen and oxygen atoms in total. The van der Waals surface area contributed by atoms with Gasteiger partial charge in [-0.1, -0.05) is 13.0 Å². The Morgan fingerprint density at radius 3 is 2.75 bits per heavy atom. The lowest BCUT2D eigenvalue weighted by molar-refractivity contribution is -0.119. The van der Waals surface area contributed by atoms with Crippen molar-refractivity contribution < 1.29 is 9.18 Å². The molecule has 0 heterocycles. The van der Waals surface area contributed by atoms with E-state index in [0.717, 1.165) is 24.8 Å². The summed E-state index contributed by atoms with van der Waals surface area (Å²) in [4.78, 5) is 11.3. The number of Topliss-reactive ketones (excluding diaryl/α,β-unsaturated/α-hetero) is 1. The molecule has 0 saturated carbocycles. The molecule has 0 fully saturated rings. The highest BCUT2D eigenvalue weighted by Gasteiger charge is 2.03. The summed E-state index contributed by atoms with van der Waals surface area (Å²) < 4.78 is 13.4. The van der Waals surface area contributed by atoms with Crippen LogP contribution < -0.4 is 0 Å². The number of carbonyl (C=O) groups is 1. The Labute approximate surface area is 104 Å². The molecule has 1 aromatic rings. The van der Waals surface area contributed by atoms with E-state index in [1.165, 1.54) is 6.07 Å². The molecule has 0 aliphatic heterocycles. The smallest absolute Gasteiger partial charge is 0.137 e. The lowest BCUT2D eigenvalue weighted by Gasteiger charge is -2.02. The lowest BCUT2D eigenvalue weighted by atomic mass is 10.0. The quantitative estimate of drug-likeness (QED) is 0.763. The van der Waals surface area contributed by atoms with Crippen molar-refractivity contribution in [2.45, 2.75) is 39.0 Å². The first-order chi connectivity index (χ1) is 7.63. The molecule has 0 spiro atoms. The molecule has 1 aromatic carbocycles. The fourth-order valence-electron chi connectivity index (χ4n) is 1.59. The van der Waals surface area contributed by atoms with Gasteiger partial charge in [-0.3, -0.25) is 4.79 Å². The molecule has 0 aliphatic rings. The summed E-state index contributed by atoms with van der Waals surface area (Å²) in [6.45, 7) is 2.01. The van der Waals surface area contributed by atoms with Crippen LogP contribution in [0.3, 0.4) is 0 Å². The van der Waals surface area contributed by atoms with Crippen molar-refractivity contribution in [3.63, 3.8) is 0 Å². The first-order valence-electron chi connectivity index (χ1n) is 5.59. The topological polar surface area (TPSA) is 17.1 Å². The molecular formula is C13H16BrFO. The summed E-state index contributed by atoms with van der Waals surface area (Å²) in [6.07, 6.45) is 3.89. The van der Waals surface area contributed by atoms with Gasteiger partial charge in [-0.05, 0) is 52.9 Å². The molecule has 16 heavy (non-hydrogen) atoms. The number of hydrogen-bond donors (Lipinski definition) is 0. The number of aryl methyl sites for hydroxylation is 1. The van der Waals surface area contributed by atoms with Gasteiger partial charge in [-0.25, -0.2) is 4.39 Å². The van der Waals surface area contributed by atoms with Gasteiger partial charge >= 0.3 is 0 Å². The molecule has 1 rings (SSSR count). The van der Waals surface area contributed by atoms with Gasteiger partial charge < -0.3 is 0 Å². The Bertz CT molecular complexity index is 363. The molecule has 88 valence electrons. The van der Waals surface area contributed by atoms with Crippen molar-refractivity contribution in [3.05, 3.63) is 34.1 Å². The second kappa shape index (κ2) is 6.79. The van der Waals surface area contributed by atoms with Gasteiger partial charge in [0.15, 0.2) is 0 Å². The van der Waals surface area contributed by atoms with E-state index in [-0.39, 0.29) is 5.82 Å². The van der Waals surface area contributed by atoms with Gasteiger partial charge in [0, 0.05) is 12.8 Å². The molecule has 0 radical (unpaired) electrons. The number of halogens is 2. The maximum absolute atomic E-state index is 12.9. The predicted octanol–water partition coefficient (Wildman–Crippen LogP) is 4.28. The minimum absolute atomic E-state index is 0.245. The molecule has 3 heteroatoms. The van der Waals surface area contributed by atoms with Crippen LogP contribution in [0.5, 0.6) is 0 Å². The largest absolute Gasteiger partial charge is 0.300 e. The normalized spacial score (nSPS) is 10.4. The highest BCUT2D eigenvalue weighted by atomic mass is 79.9. The third-order valence-electron chi connectivity index (χ3n) is 2.43. The van der Waals surface area contributed by atoms with Crippen LogP contribution in [0.1, 0.15) is 38.2 Å². The second-order valence-electron chi connectivity index (χ2n) is 3.89. The van der Waals surface area contributed by atoms with Crippen LogP contribution in [0.15, 0.2) is 22.7 Å². The average molecular weight is 287 g/mol. The van der Waals surface area contributed by atoms with Gasteiger partial charge in [-0.2, -0.15) is 0 Å². The molecule has 0 unspecified atom stereocenters. The summed E-state index contributed by atoms with van der Waals surface area (Å²) in [6, 6.07) is 5.00. The van der Waals surface area contributed by atoms with E-state index in [1.807, 2.05) is 6.92 Å². The average Bonchev–Trinajstić information content (AvgIpc) is 2.24. The summed E-state index contributed by atoms with van der Waals surface area (Å²) in [5, 5.41) is 0. The standard InChI is InChI=1S/C13H16BrFO/c1-2-4-11(16)6-3-5-10-7-8-13(15)12(14)9-10/h7-9H,2-6H2,1H3. The summed E-state index contributed by atoms with van der Waals surface area (Å²) in [5.74, 6) is 0.0782. The van der Waals surface area contributed by atoms with Gasteiger partial charge in [0.1, 0.15) is 11.6 Å². The number of rotatable bonds is 6. The second-order valence-corrected chi connectivity index (χ2v) is 4.75. The number of carbonyl (C=O) groups excluding carboxylic acids is 1. The van der Waals surface area contributed by atoms with E-state index < -0.39 is 0 Å². The van der Waals surface area contributed by atoms with Crippen LogP contribution in [-0.4, -0.2) is 5.78 Å². The minimum atomic E-state index is -0.245. The van der Waals surface area contributed by atoms with Crippen LogP contribution in [0.4, 0.5) is 4.39 Å².